The molecule has 1 aromatic carbocycles. The Bertz CT molecular complexity index is 664. The number of amides is 1. The van der Waals surface area contributed by atoms with E-state index in [0.29, 0.717) is 18.4 Å². The summed E-state index contributed by atoms with van der Waals surface area (Å²) >= 11 is 0. The number of anilines is 1. The first-order valence-corrected chi connectivity index (χ1v) is 10.9. The highest BCUT2D eigenvalue weighted by Gasteiger charge is 2.38. The van der Waals surface area contributed by atoms with Gasteiger partial charge in [0.15, 0.2) is 0 Å². The predicted octanol–water partition coefficient (Wildman–Crippen LogP) is 4.40. The summed E-state index contributed by atoms with van der Waals surface area (Å²) in [7, 11) is 0. The van der Waals surface area contributed by atoms with E-state index in [-0.39, 0.29) is 0 Å². The summed E-state index contributed by atoms with van der Waals surface area (Å²) in [5, 5.41) is 0. The molecule has 2 aliphatic heterocycles. The third kappa shape index (κ3) is 2.98. The Balaban J connectivity index is 1.21. The highest BCUT2D eigenvalue weighted by molar-refractivity contribution is 6.01. The normalized spacial score (nSPS) is 33.2. The molecule has 2 heterocycles. The van der Waals surface area contributed by atoms with Gasteiger partial charge in [0.25, 0.3) is 0 Å². The van der Waals surface area contributed by atoms with Gasteiger partial charge < -0.3 is 9.80 Å². The second-order valence-corrected chi connectivity index (χ2v) is 9.11. The van der Waals surface area contributed by atoms with Gasteiger partial charge in [0.1, 0.15) is 0 Å². The van der Waals surface area contributed by atoms with Crippen LogP contribution in [0.4, 0.5) is 5.69 Å². The van der Waals surface area contributed by atoms with Crippen LogP contribution in [-0.4, -0.2) is 36.0 Å². The van der Waals surface area contributed by atoms with Gasteiger partial charge in [-0.2, -0.15) is 0 Å². The van der Waals surface area contributed by atoms with Crippen LogP contribution in [0.15, 0.2) is 24.3 Å². The van der Waals surface area contributed by atoms with Crippen molar-refractivity contribution >= 4 is 11.6 Å². The molecule has 3 nitrogen and oxygen atoms in total. The summed E-state index contributed by atoms with van der Waals surface area (Å²) in [6.07, 6.45) is 13.1. The number of likely N-dealkylation sites (tertiary alicyclic amines) is 1. The molecule has 0 spiro atoms. The quantitative estimate of drug-likeness (QED) is 0.788. The van der Waals surface area contributed by atoms with E-state index in [0.717, 1.165) is 30.7 Å². The van der Waals surface area contributed by atoms with Gasteiger partial charge in [-0.15, -0.1) is 0 Å². The fourth-order valence-electron chi connectivity index (χ4n) is 6.37. The van der Waals surface area contributed by atoms with Crippen molar-refractivity contribution in [3.8, 4) is 0 Å². The molecule has 1 unspecified atom stereocenters. The number of nitrogens with zero attached hydrogens (tertiary/aromatic N) is 2. The number of hydrogen-bond donors (Lipinski definition) is 0. The van der Waals surface area contributed by atoms with E-state index in [4.69, 9.17) is 0 Å². The highest BCUT2D eigenvalue weighted by atomic mass is 16.2. The molecule has 0 bridgehead atoms. The van der Waals surface area contributed by atoms with Gasteiger partial charge in [-0.05, 0) is 55.6 Å². The van der Waals surface area contributed by atoms with Crippen LogP contribution in [-0.2, 0) is 11.2 Å². The van der Waals surface area contributed by atoms with Gasteiger partial charge in [-0.1, -0.05) is 43.9 Å². The second kappa shape index (κ2) is 6.99. The second-order valence-electron chi connectivity index (χ2n) is 9.11. The van der Waals surface area contributed by atoms with Gasteiger partial charge in [0, 0.05) is 30.9 Å². The number of carbonyl (C=O) groups excluding carboxylic acids is 1. The maximum atomic E-state index is 12.6. The van der Waals surface area contributed by atoms with Gasteiger partial charge in [0.05, 0.1) is 6.42 Å². The lowest BCUT2D eigenvalue weighted by atomic mass is 9.69. The third-order valence-corrected chi connectivity index (χ3v) is 7.75. The number of hydrogen-bond acceptors (Lipinski definition) is 2. The fraction of sp³-hybridized carbons (Fsp3) is 0.696. The number of fused-ring (bicyclic) bond motifs is 2. The molecule has 1 saturated heterocycles. The number of piperidine rings is 1. The minimum absolute atomic E-state index is 0.312. The molecule has 0 N–H and O–H groups in total. The molecule has 1 amide bonds. The number of carbonyl (C=O) groups is 1. The molecule has 26 heavy (non-hydrogen) atoms. The van der Waals surface area contributed by atoms with E-state index in [1.54, 1.807) is 0 Å². The van der Waals surface area contributed by atoms with Crippen molar-refractivity contribution in [2.24, 2.45) is 11.8 Å². The lowest BCUT2D eigenvalue weighted by molar-refractivity contribution is -0.118. The third-order valence-electron chi connectivity index (χ3n) is 7.75. The van der Waals surface area contributed by atoms with Crippen LogP contribution in [0.5, 0.6) is 0 Å². The Morgan fingerprint density at radius 1 is 0.808 bits per heavy atom. The zero-order valence-electron chi connectivity index (χ0n) is 15.9. The average molecular weight is 353 g/mol. The molecule has 0 radical (unpaired) electrons. The molecule has 140 valence electrons. The first-order valence-electron chi connectivity index (χ1n) is 10.9. The molecule has 4 aliphatic rings. The fourth-order valence-corrected chi connectivity index (χ4v) is 6.37. The Hall–Kier alpha value is -1.35. The minimum atomic E-state index is 0.312. The van der Waals surface area contributed by atoms with Crippen LogP contribution in [0.3, 0.4) is 0 Å². The van der Waals surface area contributed by atoms with Crippen LogP contribution in [0, 0.1) is 11.8 Å². The van der Waals surface area contributed by atoms with Crippen molar-refractivity contribution in [1.82, 2.24) is 4.90 Å². The van der Waals surface area contributed by atoms with Crippen LogP contribution < -0.4 is 4.90 Å². The zero-order chi connectivity index (χ0) is 17.5. The zero-order valence-corrected chi connectivity index (χ0v) is 15.9. The highest BCUT2D eigenvalue weighted by Crippen LogP contribution is 2.42. The van der Waals surface area contributed by atoms with E-state index in [9.17, 15) is 4.79 Å². The smallest absolute Gasteiger partial charge is 0.231 e. The predicted molar refractivity (Wildman–Crippen MR) is 105 cm³/mol. The Kier molecular flexibility index (Phi) is 4.52. The molecular weight excluding hydrogens is 320 g/mol. The van der Waals surface area contributed by atoms with E-state index in [1.165, 1.54) is 69.3 Å². The Morgan fingerprint density at radius 2 is 1.58 bits per heavy atom. The van der Waals surface area contributed by atoms with Crippen molar-refractivity contribution in [3.05, 3.63) is 29.8 Å². The van der Waals surface area contributed by atoms with Gasteiger partial charge in [0.2, 0.25) is 5.91 Å². The van der Waals surface area contributed by atoms with Gasteiger partial charge >= 0.3 is 0 Å². The maximum absolute atomic E-state index is 12.6. The molecular formula is C23H32N2O. The van der Waals surface area contributed by atoms with Crippen LogP contribution in [0.25, 0.3) is 0 Å². The Labute approximate surface area is 157 Å². The molecule has 2 saturated carbocycles. The molecule has 3 atom stereocenters. The summed E-state index contributed by atoms with van der Waals surface area (Å²) in [4.78, 5) is 17.5. The number of benzene rings is 1. The first kappa shape index (κ1) is 16.8. The molecule has 2 aliphatic carbocycles. The van der Waals surface area contributed by atoms with Crippen molar-refractivity contribution in [2.75, 3.05) is 18.0 Å². The van der Waals surface area contributed by atoms with E-state index < -0.39 is 0 Å². The van der Waals surface area contributed by atoms with Crippen LogP contribution in [0.1, 0.15) is 63.4 Å². The maximum Gasteiger partial charge on any atom is 0.231 e. The standard InChI is InChI=1S/C23H32N2O/c26-23-16-19-7-3-4-8-22(19)25(23)20-11-13-24(14-12-20)21-10-9-17-5-1-2-6-18(17)15-21/h3-4,7-8,17-18,20-21H,1-2,5-6,9-16H2/t17-,18+,21?/m1/s1. The first-order chi connectivity index (χ1) is 12.8. The number of para-hydroxylation sites is 1. The average Bonchev–Trinajstić information content (AvgIpc) is 3.03. The van der Waals surface area contributed by atoms with Gasteiger partial charge in [-0.25, -0.2) is 0 Å². The summed E-state index contributed by atoms with van der Waals surface area (Å²) in [6.45, 7) is 2.36. The summed E-state index contributed by atoms with van der Waals surface area (Å²) in [5.74, 6) is 2.36. The van der Waals surface area contributed by atoms with Crippen molar-refractivity contribution in [1.29, 1.82) is 0 Å². The van der Waals surface area contributed by atoms with Crippen molar-refractivity contribution < 1.29 is 4.79 Å². The number of rotatable bonds is 2. The lowest BCUT2D eigenvalue weighted by Gasteiger charge is -2.46. The Morgan fingerprint density at radius 3 is 2.42 bits per heavy atom. The largest absolute Gasteiger partial charge is 0.309 e. The summed E-state index contributed by atoms with van der Waals surface area (Å²) in [6, 6.07) is 9.61. The van der Waals surface area contributed by atoms with Gasteiger partial charge in [-0.3, -0.25) is 4.79 Å². The molecule has 3 fully saturated rings. The molecule has 1 aromatic rings. The van der Waals surface area contributed by atoms with Crippen molar-refractivity contribution in [3.63, 3.8) is 0 Å². The summed E-state index contributed by atoms with van der Waals surface area (Å²) in [5.41, 5.74) is 2.40. The van der Waals surface area contributed by atoms with Crippen LogP contribution in [0.2, 0.25) is 0 Å². The summed E-state index contributed by atoms with van der Waals surface area (Å²) < 4.78 is 0. The monoisotopic (exact) mass is 352 g/mol. The van der Waals surface area contributed by atoms with E-state index in [1.807, 2.05) is 0 Å². The molecule has 3 heteroatoms. The minimum Gasteiger partial charge on any atom is -0.309 e. The molecule has 0 aromatic heterocycles. The lowest BCUT2D eigenvalue weighted by Crippen LogP contribution is -2.50. The molecule has 5 rings (SSSR count). The SMILES string of the molecule is O=C1Cc2ccccc2N1C1CCN(C2CC[C@H]3CCCC[C@H]3C2)CC1. The van der Waals surface area contributed by atoms with Crippen molar-refractivity contribution in [2.45, 2.75) is 76.3 Å². The van der Waals surface area contributed by atoms with E-state index >= 15 is 0 Å². The van der Waals surface area contributed by atoms with E-state index in [2.05, 4.69) is 34.1 Å². The van der Waals surface area contributed by atoms with Crippen LogP contribution >= 0.6 is 0 Å². The topological polar surface area (TPSA) is 23.6 Å².